The van der Waals surface area contributed by atoms with Crippen LogP contribution in [0.2, 0.25) is 0 Å². The Morgan fingerprint density at radius 1 is 1.50 bits per heavy atom. The van der Waals surface area contributed by atoms with Crippen LogP contribution in [0.3, 0.4) is 0 Å². The molecular weight excluding hydrogens is 210 g/mol. The average Bonchev–Trinajstić information content (AvgIpc) is 2.68. The maximum absolute atomic E-state index is 11.6. The lowest BCUT2D eigenvalue weighted by Gasteiger charge is -2.08. The number of ether oxygens (including phenoxy) is 1. The van der Waals surface area contributed by atoms with Crippen molar-refractivity contribution in [1.29, 1.82) is 0 Å². The Labute approximate surface area is 94.6 Å². The quantitative estimate of drug-likeness (QED) is 0.704. The second-order valence-corrected chi connectivity index (χ2v) is 3.54. The fraction of sp³-hybridized carbons (Fsp3) is 0.700. The third-order valence-corrected chi connectivity index (χ3v) is 2.11. The van der Waals surface area contributed by atoms with Gasteiger partial charge in [-0.1, -0.05) is 6.92 Å². The summed E-state index contributed by atoms with van der Waals surface area (Å²) in [6, 6.07) is 0. The molecular formula is C10H17N3O3. The minimum Gasteiger partial charge on any atom is -0.465 e. The van der Waals surface area contributed by atoms with Crippen LogP contribution in [0.1, 0.15) is 32.1 Å². The van der Waals surface area contributed by atoms with Gasteiger partial charge >= 0.3 is 5.97 Å². The van der Waals surface area contributed by atoms with Gasteiger partial charge in [0.2, 0.25) is 5.89 Å². The number of aromatic nitrogens is 2. The lowest BCUT2D eigenvalue weighted by molar-refractivity contribution is -0.145. The number of anilines is 1. The van der Waals surface area contributed by atoms with E-state index in [4.69, 9.17) is 9.26 Å². The van der Waals surface area contributed by atoms with E-state index in [-0.39, 0.29) is 5.97 Å². The molecule has 0 N–H and O–H groups in total. The first kappa shape index (κ1) is 12.5. The van der Waals surface area contributed by atoms with Crippen molar-refractivity contribution in [3.05, 3.63) is 5.89 Å². The summed E-state index contributed by atoms with van der Waals surface area (Å²) in [7, 11) is 3.61. The van der Waals surface area contributed by atoms with E-state index in [1.807, 2.05) is 6.92 Å². The van der Waals surface area contributed by atoms with Gasteiger partial charge in [0.1, 0.15) is 5.92 Å². The Morgan fingerprint density at radius 3 is 2.62 bits per heavy atom. The third kappa shape index (κ3) is 2.71. The van der Waals surface area contributed by atoms with Crippen molar-refractivity contribution in [1.82, 2.24) is 10.1 Å². The van der Waals surface area contributed by atoms with Crippen LogP contribution in [0.25, 0.3) is 0 Å². The third-order valence-electron chi connectivity index (χ3n) is 2.11. The second kappa shape index (κ2) is 5.48. The van der Waals surface area contributed by atoms with Crippen molar-refractivity contribution in [2.45, 2.75) is 26.2 Å². The molecule has 6 nitrogen and oxygen atoms in total. The van der Waals surface area contributed by atoms with Crippen LogP contribution in [0.5, 0.6) is 0 Å². The number of carbonyl (C=O) groups is 1. The molecule has 0 aliphatic carbocycles. The van der Waals surface area contributed by atoms with E-state index in [9.17, 15) is 4.79 Å². The Kier molecular flexibility index (Phi) is 4.28. The number of carbonyl (C=O) groups excluding carboxylic acids is 1. The van der Waals surface area contributed by atoms with Crippen molar-refractivity contribution in [3.8, 4) is 0 Å². The molecule has 0 aromatic carbocycles. The highest BCUT2D eigenvalue weighted by Gasteiger charge is 2.26. The van der Waals surface area contributed by atoms with Gasteiger partial charge in [-0.25, -0.2) is 0 Å². The van der Waals surface area contributed by atoms with E-state index in [0.29, 0.717) is 24.9 Å². The summed E-state index contributed by atoms with van der Waals surface area (Å²) >= 11 is 0. The van der Waals surface area contributed by atoms with Crippen LogP contribution in [0.15, 0.2) is 4.52 Å². The van der Waals surface area contributed by atoms with Crippen molar-refractivity contribution < 1.29 is 14.1 Å². The first-order valence-electron chi connectivity index (χ1n) is 5.27. The van der Waals surface area contributed by atoms with E-state index in [1.54, 1.807) is 25.9 Å². The van der Waals surface area contributed by atoms with Crippen LogP contribution >= 0.6 is 0 Å². The van der Waals surface area contributed by atoms with Crippen molar-refractivity contribution in [2.75, 3.05) is 25.6 Å². The minimum absolute atomic E-state index is 0.310. The zero-order chi connectivity index (χ0) is 12.1. The van der Waals surface area contributed by atoms with Crippen LogP contribution in [-0.4, -0.2) is 36.8 Å². The smallest absolute Gasteiger partial charge is 0.318 e. The molecule has 0 amide bonds. The van der Waals surface area contributed by atoms with E-state index >= 15 is 0 Å². The zero-order valence-corrected chi connectivity index (χ0v) is 10.1. The number of nitrogens with zero attached hydrogens (tertiary/aromatic N) is 3. The SMILES string of the molecule is CCOC(=O)C(CC)c1nc(N(C)C)no1. The molecule has 1 unspecified atom stereocenters. The summed E-state index contributed by atoms with van der Waals surface area (Å²) in [5, 5.41) is 3.76. The van der Waals surface area contributed by atoms with E-state index < -0.39 is 5.92 Å². The van der Waals surface area contributed by atoms with E-state index in [2.05, 4.69) is 10.1 Å². The molecule has 0 radical (unpaired) electrons. The minimum atomic E-state index is -0.471. The van der Waals surface area contributed by atoms with Gasteiger partial charge in [0.15, 0.2) is 0 Å². The Hall–Kier alpha value is -1.59. The van der Waals surface area contributed by atoms with Crippen LogP contribution < -0.4 is 4.90 Å². The van der Waals surface area contributed by atoms with Gasteiger partial charge in [0.05, 0.1) is 6.61 Å². The standard InChI is InChI=1S/C10H17N3O3/c1-5-7(9(14)15-6-2)8-11-10(12-16-8)13(3)4/h7H,5-6H2,1-4H3. The van der Waals surface area contributed by atoms with Crippen LogP contribution in [0, 0.1) is 0 Å². The van der Waals surface area contributed by atoms with E-state index in [1.165, 1.54) is 0 Å². The van der Waals surface area contributed by atoms with Gasteiger partial charge < -0.3 is 14.2 Å². The molecule has 1 rings (SSSR count). The van der Waals surface area contributed by atoms with Gasteiger partial charge in [-0.05, 0) is 18.5 Å². The van der Waals surface area contributed by atoms with Crippen molar-refractivity contribution in [2.24, 2.45) is 0 Å². The Morgan fingerprint density at radius 2 is 2.19 bits per heavy atom. The molecule has 1 heterocycles. The number of hydrogen-bond acceptors (Lipinski definition) is 6. The maximum Gasteiger partial charge on any atom is 0.318 e. The molecule has 6 heteroatoms. The van der Waals surface area contributed by atoms with Gasteiger partial charge in [-0.15, -0.1) is 0 Å². The fourth-order valence-corrected chi connectivity index (χ4v) is 1.24. The van der Waals surface area contributed by atoms with Crippen LogP contribution in [-0.2, 0) is 9.53 Å². The molecule has 1 atom stereocenters. The average molecular weight is 227 g/mol. The fourth-order valence-electron chi connectivity index (χ4n) is 1.24. The highest BCUT2D eigenvalue weighted by atomic mass is 16.5. The zero-order valence-electron chi connectivity index (χ0n) is 10.1. The highest BCUT2D eigenvalue weighted by Crippen LogP contribution is 2.21. The second-order valence-electron chi connectivity index (χ2n) is 3.54. The van der Waals surface area contributed by atoms with Crippen molar-refractivity contribution in [3.63, 3.8) is 0 Å². The molecule has 0 aliphatic rings. The first-order chi connectivity index (χ1) is 7.60. The predicted molar refractivity (Wildman–Crippen MR) is 58.3 cm³/mol. The Bertz CT molecular complexity index is 349. The van der Waals surface area contributed by atoms with Crippen LogP contribution in [0.4, 0.5) is 5.95 Å². The summed E-state index contributed by atoms with van der Waals surface area (Å²) in [5.74, 6) is -0.0255. The normalized spacial score (nSPS) is 12.2. The number of hydrogen-bond donors (Lipinski definition) is 0. The van der Waals surface area contributed by atoms with Gasteiger partial charge in [0.25, 0.3) is 5.95 Å². The molecule has 1 aromatic rings. The monoisotopic (exact) mass is 227 g/mol. The highest BCUT2D eigenvalue weighted by molar-refractivity contribution is 5.76. The molecule has 1 aromatic heterocycles. The molecule has 0 bridgehead atoms. The molecule has 0 saturated heterocycles. The molecule has 90 valence electrons. The predicted octanol–water partition coefficient (Wildman–Crippen LogP) is 1.19. The summed E-state index contributed by atoms with van der Waals surface area (Å²) in [5.41, 5.74) is 0. The topological polar surface area (TPSA) is 68.5 Å². The molecule has 0 spiro atoms. The summed E-state index contributed by atoms with van der Waals surface area (Å²) in [4.78, 5) is 17.4. The number of esters is 1. The van der Waals surface area contributed by atoms with Gasteiger partial charge in [-0.3, -0.25) is 4.79 Å². The maximum atomic E-state index is 11.6. The first-order valence-corrected chi connectivity index (χ1v) is 5.27. The van der Waals surface area contributed by atoms with E-state index in [0.717, 1.165) is 0 Å². The Balaban J connectivity index is 2.82. The molecule has 0 fully saturated rings. The summed E-state index contributed by atoms with van der Waals surface area (Å²) in [6.07, 6.45) is 0.577. The lowest BCUT2D eigenvalue weighted by Crippen LogP contribution is -2.16. The largest absolute Gasteiger partial charge is 0.465 e. The molecule has 0 saturated carbocycles. The van der Waals surface area contributed by atoms with Crippen molar-refractivity contribution >= 4 is 11.9 Å². The summed E-state index contributed by atoms with van der Waals surface area (Å²) < 4.78 is 9.98. The lowest BCUT2D eigenvalue weighted by atomic mass is 10.1. The van der Waals surface area contributed by atoms with Gasteiger partial charge in [-0.2, -0.15) is 4.98 Å². The molecule has 16 heavy (non-hydrogen) atoms. The number of rotatable bonds is 5. The molecule has 0 aliphatic heterocycles. The summed E-state index contributed by atoms with van der Waals surface area (Å²) in [6.45, 7) is 3.99. The van der Waals surface area contributed by atoms with Gasteiger partial charge in [0, 0.05) is 14.1 Å².